The maximum atomic E-state index is 12.8. The number of aromatic nitrogens is 2. The van der Waals surface area contributed by atoms with E-state index in [1.807, 2.05) is 12.1 Å². The van der Waals surface area contributed by atoms with Crippen molar-refractivity contribution in [1.82, 2.24) is 14.9 Å². The van der Waals surface area contributed by atoms with Crippen molar-refractivity contribution in [1.29, 1.82) is 5.41 Å². The second kappa shape index (κ2) is 9.28. The molecule has 0 bridgehead atoms. The van der Waals surface area contributed by atoms with Crippen molar-refractivity contribution < 1.29 is 4.42 Å². The Morgan fingerprint density at radius 3 is 2.72 bits per heavy atom. The minimum atomic E-state index is -0.307. The SMILES string of the molecule is CC(CCCc1cccc2nc(-c3ccc(C(=N)N)o3)c(=O)[nH]c12)N1C(C)CCCC1C. The number of hydrogen-bond acceptors (Lipinski definition) is 5. The van der Waals surface area contributed by atoms with Crippen LogP contribution >= 0.6 is 0 Å². The van der Waals surface area contributed by atoms with Gasteiger partial charge < -0.3 is 15.1 Å². The first kappa shape index (κ1) is 22.3. The molecular weight excluding hydrogens is 402 g/mol. The Balaban J connectivity index is 1.50. The Morgan fingerprint density at radius 1 is 1.28 bits per heavy atom. The lowest BCUT2D eigenvalue weighted by Crippen LogP contribution is -2.48. The maximum Gasteiger partial charge on any atom is 0.278 e. The number of nitrogens with one attached hydrogen (secondary N) is 2. The quantitative estimate of drug-likeness (QED) is 0.375. The molecule has 1 aromatic carbocycles. The molecule has 2 aromatic heterocycles. The first-order valence-corrected chi connectivity index (χ1v) is 11.6. The second-order valence-electron chi connectivity index (χ2n) is 9.12. The summed E-state index contributed by atoms with van der Waals surface area (Å²) in [5, 5.41) is 7.48. The van der Waals surface area contributed by atoms with Gasteiger partial charge >= 0.3 is 0 Å². The van der Waals surface area contributed by atoms with Crippen LogP contribution in [0.3, 0.4) is 0 Å². The number of fused-ring (bicyclic) bond motifs is 1. The number of nitrogens with two attached hydrogens (primary N) is 1. The number of nitrogens with zero attached hydrogens (tertiary/aromatic N) is 2. The van der Waals surface area contributed by atoms with Crippen LogP contribution in [0.1, 0.15) is 64.2 Å². The standard InChI is InChI=1S/C25H33N5O2/c1-15-7-4-8-16(2)30(15)17(3)9-5-10-18-11-6-12-19-22(18)29-25(31)23(28-19)20-13-14-21(32-20)24(26)27/h6,11-17H,4-5,7-10H2,1-3H3,(H3,26,27)(H,29,31). The van der Waals surface area contributed by atoms with Crippen LogP contribution in [0.25, 0.3) is 22.5 Å². The number of benzene rings is 1. The molecule has 3 atom stereocenters. The molecule has 1 saturated heterocycles. The summed E-state index contributed by atoms with van der Waals surface area (Å²) in [5.74, 6) is 0.349. The van der Waals surface area contributed by atoms with Gasteiger partial charge in [-0.05, 0) is 76.6 Å². The summed E-state index contributed by atoms with van der Waals surface area (Å²) in [6.45, 7) is 7.04. The highest BCUT2D eigenvalue weighted by atomic mass is 16.3. The number of aromatic amines is 1. The first-order valence-electron chi connectivity index (χ1n) is 11.6. The van der Waals surface area contributed by atoms with Crippen LogP contribution in [0.5, 0.6) is 0 Å². The number of nitrogen functional groups attached to an aromatic ring is 1. The Morgan fingerprint density at radius 2 is 2.03 bits per heavy atom. The van der Waals surface area contributed by atoms with Crippen LogP contribution in [-0.4, -0.2) is 38.8 Å². The first-order chi connectivity index (χ1) is 15.3. The molecule has 7 heteroatoms. The van der Waals surface area contributed by atoms with Gasteiger partial charge in [-0.25, -0.2) is 4.98 Å². The lowest BCUT2D eigenvalue weighted by molar-refractivity contribution is 0.0580. The van der Waals surface area contributed by atoms with Gasteiger partial charge in [0.15, 0.2) is 23.1 Å². The number of H-pyrrole nitrogens is 1. The third kappa shape index (κ3) is 4.48. The normalized spacial score (nSPS) is 20.5. The molecule has 0 aliphatic carbocycles. The van der Waals surface area contributed by atoms with E-state index in [1.165, 1.54) is 19.3 Å². The van der Waals surface area contributed by atoms with E-state index >= 15 is 0 Å². The molecule has 0 amide bonds. The smallest absolute Gasteiger partial charge is 0.278 e. The topological polar surface area (TPSA) is 112 Å². The molecule has 3 heterocycles. The van der Waals surface area contributed by atoms with Gasteiger partial charge in [0.25, 0.3) is 5.56 Å². The minimum absolute atomic E-state index is 0.182. The summed E-state index contributed by atoms with van der Waals surface area (Å²) in [4.78, 5) is 23.0. The van der Waals surface area contributed by atoms with Crippen molar-refractivity contribution in [3.8, 4) is 11.5 Å². The van der Waals surface area contributed by atoms with Crippen molar-refractivity contribution >= 4 is 16.9 Å². The van der Waals surface area contributed by atoms with E-state index in [2.05, 4.69) is 41.7 Å². The summed E-state index contributed by atoms with van der Waals surface area (Å²) in [7, 11) is 0. The summed E-state index contributed by atoms with van der Waals surface area (Å²) in [5.41, 5.74) is 7.97. The molecular formula is C25H33N5O2. The largest absolute Gasteiger partial charge is 0.451 e. The number of piperidine rings is 1. The van der Waals surface area contributed by atoms with Gasteiger partial charge in [0.1, 0.15) is 0 Å². The zero-order valence-corrected chi connectivity index (χ0v) is 19.1. The molecule has 0 saturated carbocycles. The fourth-order valence-electron chi connectivity index (χ4n) is 5.20. The summed E-state index contributed by atoms with van der Waals surface area (Å²) < 4.78 is 5.52. The number of amidine groups is 1. The molecule has 1 aliphatic rings. The number of furan rings is 1. The number of para-hydroxylation sites is 1. The molecule has 7 nitrogen and oxygen atoms in total. The highest BCUT2D eigenvalue weighted by Crippen LogP contribution is 2.27. The van der Waals surface area contributed by atoms with Crippen LogP contribution in [-0.2, 0) is 6.42 Å². The number of rotatable bonds is 7. The van der Waals surface area contributed by atoms with Gasteiger partial charge in [-0.2, -0.15) is 0 Å². The molecule has 0 spiro atoms. The number of aryl methyl sites for hydroxylation is 1. The highest BCUT2D eigenvalue weighted by molar-refractivity contribution is 5.92. The second-order valence-corrected chi connectivity index (χ2v) is 9.12. The summed E-state index contributed by atoms with van der Waals surface area (Å²) in [6.07, 6.45) is 6.98. The molecule has 1 aliphatic heterocycles. The molecule has 1 fully saturated rings. The lowest BCUT2D eigenvalue weighted by Gasteiger charge is -2.43. The summed E-state index contributed by atoms with van der Waals surface area (Å²) in [6, 6.07) is 11.0. The van der Waals surface area contributed by atoms with E-state index in [0.717, 1.165) is 35.9 Å². The predicted octanol–water partition coefficient (Wildman–Crippen LogP) is 4.44. The van der Waals surface area contributed by atoms with Crippen molar-refractivity contribution in [3.05, 3.63) is 52.0 Å². The fraction of sp³-hybridized carbons (Fsp3) is 0.480. The molecule has 32 heavy (non-hydrogen) atoms. The molecule has 4 N–H and O–H groups in total. The average molecular weight is 436 g/mol. The average Bonchev–Trinajstić information content (AvgIpc) is 3.24. The number of likely N-dealkylation sites (tertiary alicyclic amines) is 1. The van der Waals surface area contributed by atoms with E-state index in [-0.39, 0.29) is 22.8 Å². The zero-order chi connectivity index (χ0) is 22.8. The van der Waals surface area contributed by atoms with Crippen LogP contribution in [0.15, 0.2) is 39.5 Å². The van der Waals surface area contributed by atoms with Gasteiger partial charge in [0.2, 0.25) is 0 Å². The molecule has 3 unspecified atom stereocenters. The predicted molar refractivity (Wildman–Crippen MR) is 128 cm³/mol. The van der Waals surface area contributed by atoms with Crippen molar-refractivity contribution in [2.75, 3.05) is 0 Å². The van der Waals surface area contributed by atoms with E-state index in [4.69, 9.17) is 15.6 Å². The summed E-state index contributed by atoms with van der Waals surface area (Å²) >= 11 is 0. The third-order valence-corrected chi connectivity index (χ3v) is 6.76. The van der Waals surface area contributed by atoms with E-state index in [9.17, 15) is 4.79 Å². The molecule has 170 valence electrons. The third-order valence-electron chi connectivity index (χ3n) is 6.76. The van der Waals surface area contributed by atoms with E-state index in [1.54, 1.807) is 12.1 Å². The Kier molecular flexibility index (Phi) is 6.46. The van der Waals surface area contributed by atoms with Crippen LogP contribution in [0.2, 0.25) is 0 Å². The van der Waals surface area contributed by atoms with Gasteiger partial charge in [-0.1, -0.05) is 18.6 Å². The lowest BCUT2D eigenvalue weighted by atomic mass is 9.93. The van der Waals surface area contributed by atoms with Crippen molar-refractivity contribution in [3.63, 3.8) is 0 Å². The van der Waals surface area contributed by atoms with Gasteiger partial charge in [0, 0.05) is 18.1 Å². The van der Waals surface area contributed by atoms with E-state index in [0.29, 0.717) is 23.9 Å². The Labute approximate surface area is 188 Å². The van der Waals surface area contributed by atoms with Gasteiger partial charge in [-0.15, -0.1) is 0 Å². The monoisotopic (exact) mass is 435 g/mol. The van der Waals surface area contributed by atoms with Crippen molar-refractivity contribution in [2.24, 2.45) is 5.73 Å². The highest BCUT2D eigenvalue weighted by Gasteiger charge is 2.28. The molecule has 3 aromatic rings. The Bertz CT molecular complexity index is 1150. The van der Waals surface area contributed by atoms with Crippen LogP contribution in [0, 0.1) is 5.41 Å². The minimum Gasteiger partial charge on any atom is -0.451 e. The van der Waals surface area contributed by atoms with Crippen molar-refractivity contribution in [2.45, 2.75) is 77.4 Å². The Hall–Kier alpha value is -2.93. The number of hydrogen-bond donors (Lipinski definition) is 3. The van der Waals surface area contributed by atoms with Crippen LogP contribution in [0.4, 0.5) is 0 Å². The maximum absolute atomic E-state index is 12.8. The van der Waals surface area contributed by atoms with E-state index < -0.39 is 0 Å². The van der Waals surface area contributed by atoms with Gasteiger partial charge in [-0.3, -0.25) is 15.1 Å². The fourth-order valence-corrected chi connectivity index (χ4v) is 5.20. The van der Waals surface area contributed by atoms with Gasteiger partial charge in [0.05, 0.1) is 11.0 Å². The zero-order valence-electron chi connectivity index (χ0n) is 19.1. The molecule has 4 rings (SSSR count). The molecule has 0 radical (unpaired) electrons. The van der Waals surface area contributed by atoms with Crippen LogP contribution < -0.4 is 11.3 Å².